The number of aromatic nitrogens is 4. The first-order chi connectivity index (χ1) is 9.99. The summed E-state index contributed by atoms with van der Waals surface area (Å²) < 4.78 is 1.41. The van der Waals surface area contributed by atoms with E-state index in [1.807, 2.05) is 0 Å². The van der Waals surface area contributed by atoms with Crippen molar-refractivity contribution in [1.29, 1.82) is 0 Å². The molecular weight excluding hydrogens is 294 g/mol. The fraction of sp³-hybridized carbons (Fsp3) is 0.385. The van der Waals surface area contributed by atoms with Crippen LogP contribution in [0.25, 0.3) is 5.69 Å². The Hall–Kier alpha value is -1.99. The van der Waals surface area contributed by atoms with E-state index in [0.29, 0.717) is 29.2 Å². The summed E-state index contributed by atoms with van der Waals surface area (Å²) in [5.74, 6) is -0.205. The third-order valence-corrected chi connectivity index (χ3v) is 3.25. The van der Waals surface area contributed by atoms with Crippen molar-refractivity contribution in [2.45, 2.75) is 19.4 Å². The van der Waals surface area contributed by atoms with Gasteiger partial charge in [0.15, 0.2) is 0 Å². The van der Waals surface area contributed by atoms with Crippen LogP contribution in [-0.2, 0) is 0 Å². The predicted molar refractivity (Wildman–Crippen MR) is 77.4 cm³/mol. The lowest BCUT2D eigenvalue weighted by atomic mass is 10.1. The summed E-state index contributed by atoms with van der Waals surface area (Å²) in [6.45, 7) is 2.13. The zero-order valence-corrected chi connectivity index (χ0v) is 12.5. The molecule has 2 rings (SSSR count). The van der Waals surface area contributed by atoms with Crippen LogP contribution in [0.5, 0.6) is 0 Å². The second kappa shape index (κ2) is 6.64. The first kappa shape index (κ1) is 15.4. The van der Waals surface area contributed by atoms with E-state index in [-0.39, 0.29) is 5.91 Å². The van der Waals surface area contributed by atoms with Crippen LogP contribution in [-0.4, -0.2) is 55.8 Å². The lowest BCUT2D eigenvalue weighted by Gasteiger charge is -2.19. The number of carbonyl (C=O) groups is 1. The van der Waals surface area contributed by atoms with E-state index in [1.165, 1.54) is 15.9 Å². The highest BCUT2D eigenvalue weighted by molar-refractivity contribution is 6.31. The number of aliphatic hydroxyl groups is 1. The highest BCUT2D eigenvalue weighted by atomic mass is 35.5. The van der Waals surface area contributed by atoms with E-state index in [2.05, 4.69) is 15.5 Å². The Morgan fingerprint density at radius 1 is 1.52 bits per heavy atom. The van der Waals surface area contributed by atoms with E-state index < -0.39 is 6.10 Å². The van der Waals surface area contributed by atoms with Crippen LogP contribution in [0.3, 0.4) is 0 Å². The molecule has 0 spiro atoms. The van der Waals surface area contributed by atoms with Gasteiger partial charge in [0.1, 0.15) is 6.33 Å². The molecule has 1 unspecified atom stereocenters. The summed E-state index contributed by atoms with van der Waals surface area (Å²) in [7, 11) is 1.68. The van der Waals surface area contributed by atoms with Crippen LogP contribution in [0, 0.1) is 0 Å². The quantitative estimate of drug-likeness (QED) is 0.896. The van der Waals surface area contributed by atoms with Crippen molar-refractivity contribution in [3.8, 4) is 5.69 Å². The van der Waals surface area contributed by atoms with Crippen molar-refractivity contribution in [2.75, 3.05) is 13.6 Å². The molecule has 0 saturated carbocycles. The fourth-order valence-corrected chi connectivity index (χ4v) is 2.01. The minimum absolute atomic E-state index is 0.205. The van der Waals surface area contributed by atoms with Crippen molar-refractivity contribution < 1.29 is 9.90 Å². The van der Waals surface area contributed by atoms with E-state index in [4.69, 9.17) is 11.6 Å². The number of hydrogen-bond donors (Lipinski definition) is 1. The van der Waals surface area contributed by atoms with Crippen molar-refractivity contribution in [1.82, 2.24) is 25.1 Å². The van der Waals surface area contributed by atoms with Gasteiger partial charge >= 0.3 is 0 Å². The predicted octanol–water partition coefficient (Wildman–Crippen LogP) is 1.16. The molecule has 1 amide bonds. The summed E-state index contributed by atoms with van der Waals surface area (Å²) >= 11 is 5.98. The van der Waals surface area contributed by atoms with Crippen LogP contribution in [0.4, 0.5) is 0 Å². The second-order valence-corrected chi connectivity index (χ2v) is 5.22. The molecule has 2 aromatic rings. The smallest absolute Gasteiger partial charge is 0.255 e. The van der Waals surface area contributed by atoms with Gasteiger partial charge in [-0.1, -0.05) is 11.6 Å². The number of rotatable bonds is 5. The summed E-state index contributed by atoms with van der Waals surface area (Å²) in [5, 5.41) is 20.7. The van der Waals surface area contributed by atoms with Gasteiger partial charge in [-0.15, -0.1) is 5.10 Å². The summed E-state index contributed by atoms with van der Waals surface area (Å²) in [6.07, 6.45) is 1.46. The molecule has 1 atom stereocenters. The van der Waals surface area contributed by atoms with Crippen LogP contribution in [0.2, 0.25) is 5.02 Å². The van der Waals surface area contributed by atoms with E-state index in [0.717, 1.165) is 0 Å². The number of nitrogens with zero attached hydrogens (tertiary/aromatic N) is 5. The summed E-state index contributed by atoms with van der Waals surface area (Å²) in [5.41, 5.74) is 0.959. The molecule has 8 heteroatoms. The van der Waals surface area contributed by atoms with E-state index in [9.17, 15) is 9.90 Å². The minimum Gasteiger partial charge on any atom is -0.393 e. The Bertz CT molecular complexity index is 615. The zero-order chi connectivity index (χ0) is 15.4. The van der Waals surface area contributed by atoms with Crippen molar-refractivity contribution in [3.05, 3.63) is 35.1 Å². The van der Waals surface area contributed by atoms with E-state index >= 15 is 0 Å². The van der Waals surface area contributed by atoms with Crippen molar-refractivity contribution in [2.24, 2.45) is 0 Å². The molecule has 21 heavy (non-hydrogen) atoms. The van der Waals surface area contributed by atoms with E-state index in [1.54, 1.807) is 32.2 Å². The molecule has 0 bridgehead atoms. The van der Waals surface area contributed by atoms with Gasteiger partial charge in [0.05, 0.1) is 17.4 Å². The monoisotopic (exact) mass is 309 g/mol. The summed E-state index contributed by atoms with van der Waals surface area (Å²) in [6, 6.07) is 4.94. The molecule has 1 aromatic heterocycles. The highest BCUT2D eigenvalue weighted by Gasteiger charge is 2.18. The van der Waals surface area contributed by atoms with Gasteiger partial charge < -0.3 is 10.0 Å². The molecule has 0 aliphatic rings. The maximum absolute atomic E-state index is 12.5. The minimum atomic E-state index is -0.460. The number of carbonyl (C=O) groups excluding carboxylic acids is 1. The van der Waals surface area contributed by atoms with Gasteiger partial charge in [0.25, 0.3) is 5.91 Å². The lowest BCUT2D eigenvalue weighted by Crippen LogP contribution is -2.30. The van der Waals surface area contributed by atoms with Gasteiger partial charge in [-0.3, -0.25) is 4.79 Å². The molecular formula is C13H16ClN5O2. The number of amides is 1. The number of hydrogen-bond acceptors (Lipinski definition) is 5. The molecule has 0 aliphatic carbocycles. The van der Waals surface area contributed by atoms with Crippen LogP contribution < -0.4 is 0 Å². The topological polar surface area (TPSA) is 84.1 Å². The maximum Gasteiger partial charge on any atom is 0.255 e. The zero-order valence-electron chi connectivity index (χ0n) is 11.8. The number of halogens is 1. The average Bonchev–Trinajstić information content (AvgIpc) is 2.97. The third kappa shape index (κ3) is 3.77. The van der Waals surface area contributed by atoms with Crippen molar-refractivity contribution >= 4 is 17.5 Å². The van der Waals surface area contributed by atoms with Crippen LogP contribution >= 0.6 is 11.6 Å². The third-order valence-electron chi connectivity index (χ3n) is 3.01. The second-order valence-electron chi connectivity index (χ2n) is 4.78. The van der Waals surface area contributed by atoms with Gasteiger partial charge in [-0.2, -0.15) is 4.68 Å². The fourth-order valence-electron chi connectivity index (χ4n) is 1.84. The Kier molecular flexibility index (Phi) is 4.87. The van der Waals surface area contributed by atoms with Crippen LogP contribution in [0.1, 0.15) is 23.7 Å². The first-order valence-corrected chi connectivity index (χ1v) is 6.83. The molecule has 1 heterocycles. The molecule has 112 valence electrons. The molecule has 1 N–H and O–H groups in total. The largest absolute Gasteiger partial charge is 0.393 e. The molecule has 0 fully saturated rings. The molecule has 0 aliphatic heterocycles. The number of aliphatic hydroxyl groups excluding tert-OH is 1. The number of tetrazole rings is 1. The Balaban J connectivity index is 2.29. The molecule has 1 aromatic carbocycles. The van der Waals surface area contributed by atoms with Gasteiger partial charge in [-0.05, 0) is 42.0 Å². The Morgan fingerprint density at radius 2 is 2.29 bits per heavy atom. The Labute approximate surface area is 127 Å². The number of benzene rings is 1. The first-order valence-electron chi connectivity index (χ1n) is 6.45. The average molecular weight is 310 g/mol. The molecule has 7 nitrogen and oxygen atoms in total. The van der Waals surface area contributed by atoms with Gasteiger partial charge in [0.2, 0.25) is 0 Å². The SMILES string of the molecule is CC(O)CCN(C)C(=O)c1cc(Cl)ccc1-n1cnnn1. The Morgan fingerprint density at radius 3 is 2.90 bits per heavy atom. The standard InChI is InChI=1S/C13H16ClN5O2/c1-9(20)5-6-18(2)13(21)11-7-10(14)3-4-12(11)19-8-15-16-17-19/h3-4,7-9,20H,5-6H2,1-2H3. The molecule has 0 saturated heterocycles. The van der Waals surface area contributed by atoms with Gasteiger partial charge in [0, 0.05) is 18.6 Å². The highest BCUT2D eigenvalue weighted by Crippen LogP contribution is 2.20. The van der Waals surface area contributed by atoms with Crippen LogP contribution in [0.15, 0.2) is 24.5 Å². The normalized spacial score (nSPS) is 12.2. The molecule has 0 radical (unpaired) electrons. The maximum atomic E-state index is 12.5. The summed E-state index contributed by atoms with van der Waals surface area (Å²) in [4.78, 5) is 14.1. The van der Waals surface area contributed by atoms with Gasteiger partial charge in [-0.25, -0.2) is 0 Å². The lowest BCUT2D eigenvalue weighted by molar-refractivity contribution is 0.0769. The van der Waals surface area contributed by atoms with Crippen molar-refractivity contribution in [3.63, 3.8) is 0 Å².